The normalized spacial score (nSPS) is 15.5. The van der Waals surface area contributed by atoms with Crippen molar-refractivity contribution in [3.05, 3.63) is 42.2 Å². The molecular formula is C18H21N3O3. The number of rotatable bonds is 4. The van der Waals surface area contributed by atoms with Crippen molar-refractivity contribution < 1.29 is 14.1 Å². The Morgan fingerprint density at radius 1 is 1.21 bits per heavy atom. The van der Waals surface area contributed by atoms with Crippen LogP contribution in [0.3, 0.4) is 0 Å². The van der Waals surface area contributed by atoms with Crippen LogP contribution in [0.25, 0.3) is 11.3 Å². The van der Waals surface area contributed by atoms with Crippen LogP contribution in [0.1, 0.15) is 30.3 Å². The molecule has 0 saturated carbocycles. The number of carbonyl (C=O) groups excluding carboxylic acids is 2. The second kappa shape index (κ2) is 7.29. The SMILES string of the molecule is CCCN1CCN(C(=O)c2cc(-c3ccccc3)no2)CCC1=O. The first-order valence-electron chi connectivity index (χ1n) is 8.28. The molecule has 1 aromatic heterocycles. The molecule has 0 unspecified atom stereocenters. The Kier molecular flexibility index (Phi) is 4.93. The fourth-order valence-electron chi connectivity index (χ4n) is 2.85. The Balaban J connectivity index is 1.71. The van der Waals surface area contributed by atoms with Gasteiger partial charge in [-0.3, -0.25) is 9.59 Å². The number of amides is 2. The van der Waals surface area contributed by atoms with E-state index in [0.29, 0.717) is 31.7 Å². The third-order valence-electron chi connectivity index (χ3n) is 4.16. The smallest absolute Gasteiger partial charge is 0.292 e. The van der Waals surface area contributed by atoms with Crippen molar-refractivity contribution in [2.45, 2.75) is 19.8 Å². The highest BCUT2D eigenvalue weighted by atomic mass is 16.5. The van der Waals surface area contributed by atoms with Gasteiger partial charge >= 0.3 is 0 Å². The molecule has 3 rings (SSSR count). The molecule has 2 heterocycles. The highest BCUT2D eigenvalue weighted by molar-refractivity contribution is 5.93. The maximum Gasteiger partial charge on any atom is 0.292 e. The van der Waals surface area contributed by atoms with Gasteiger partial charge in [-0.1, -0.05) is 42.4 Å². The fourth-order valence-corrected chi connectivity index (χ4v) is 2.85. The van der Waals surface area contributed by atoms with Crippen LogP contribution >= 0.6 is 0 Å². The van der Waals surface area contributed by atoms with E-state index in [4.69, 9.17) is 4.52 Å². The average molecular weight is 327 g/mol. The third-order valence-corrected chi connectivity index (χ3v) is 4.16. The lowest BCUT2D eigenvalue weighted by Crippen LogP contribution is -2.36. The molecule has 1 aromatic carbocycles. The molecule has 1 aliphatic rings. The zero-order valence-electron chi connectivity index (χ0n) is 13.8. The van der Waals surface area contributed by atoms with E-state index in [-0.39, 0.29) is 17.6 Å². The second-order valence-electron chi connectivity index (χ2n) is 5.87. The van der Waals surface area contributed by atoms with Gasteiger partial charge in [-0.2, -0.15) is 0 Å². The third kappa shape index (κ3) is 3.48. The number of hydrogen-bond donors (Lipinski definition) is 0. The van der Waals surface area contributed by atoms with Crippen LogP contribution in [-0.4, -0.2) is 52.9 Å². The minimum Gasteiger partial charge on any atom is -0.350 e. The van der Waals surface area contributed by atoms with Crippen molar-refractivity contribution in [2.75, 3.05) is 26.2 Å². The number of benzene rings is 1. The molecule has 24 heavy (non-hydrogen) atoms. The van der Waals surface area contributed by atoms with Crippen LogP contribution < -0.4 is 0 Å². The number of nitrogens with zero attached hydrogens (tertiary/aromatic N) is 3. The molecule has 1 saturated heterocycles. The van der Waals surface area contributed by atoms with Crippen LogP contribution in [0, 0.1) is 0 Å². The highest BCUT2D eigenvalue weighted by Crippen LogP contribution is 2.20. The van der Waals surface area contributed by atoms with E-state index < -0.39 is 0 Å². The van der Waals surface area contributed by atoms with Gasteiger partial charge in [0.05, 0.1) is 0 Å². The molecule has 2 aromatic rings. The van der Waals surface area contributed by atoms with E-state index in [0.717, 1.165) is 18.5 Å². The standard InChI is InChI=1S/C18H21N3O3/c1-2-9-20-11-12-21(10-8-17(20)22)18(23)16-13-15(19-24-16)14-6-4-3-5-7-14/h3-7,13H,2,8-12H2,1H3. The van der Waals surface area contributed by atoms with Crippen LogP contribution in [0.15, 0.2) is 40.9 Å². The van der Waals surface area contributed by atoms with E-state index in [9.17, 15) is 9.59 Å². The van der Waals surface area contributed by atoms with Crippen LogP contribution in [-0.2, 0) is 4.79 Å². The Bertz CT molecular complexity index is 711. The molecule has 1 fully saturated rings. The van der Waals surface area contributed by atoms with Gasteiger partial charge in [0.25, 0.3) is 5.91 Å². The summed E-state index contributed by atoms with van der Waals surface area (Å²) < 4.78 is 5.24. The molecule has 0 N–H and O–H groups in total. The summed E-state index contributed by atoms with van der Waals surface area (Å²) in [6, 6.07) is 11.2. The molecule has 0 radical (unpaired) electrons. The molecule has 0 atom stereocenters. The van der Waals surface area contributed by atoms with Gasteiger partial charge in [0, 0.05) is 44.2 Å². The van der Waals surface area contributed by atoms with Crippen molar-refractivity contribution in [1.82, 2.24) is 15.0 Å². The largest absolute Gasteiger partial charge is 0.350 e. The first kappa shape index (κ1) is 16.2. The summed E-state index contributed by atoms with van der Waals surface area (Å²) in [7, 11) is 0. The Morgan fingerprint density at radius 2 is 2.00 bits per heavy atom. The number of aromatic nitrogens is 1. The Labute approximate surface area is 141 Å². The summed E-state index contributed by atoms with van der Waals surface area (Å²) in [6.07, 6.45) is 1.27. The first-order chi connectivity index (χ1) is 11.7. The molecule has 0 bridgehead atoms. The quantitative estimate of drug-likeness (QED) is 0.865. The van der Waals surface area contributed by atoms with Crippen molar-refractivity contribution >= 4 is 11.8 Å². The number of hydrogen-bond acceptors (Lipinski definition) is 4. The van der Waals surface area contributed by atoms with Gasteiger partial charge in [-0.05, 0) is 6.42 Å². The van der Waals surface area contributed by atoms with Gasteiger partial charge in [-0.15, -0.1) is 0 Å². The summed E-state index contributed by atoms with van der Waals surface area (Å²) in [6.45, 7) is 4.28. The molecular weight excluding hydrogens is 306 g/mol. The van der Waals surface area contributed by atoms with E-state index >= 15 is 0 Å². The maximum absolute atomic E-state index is 12.6. The van der Waals surface area contributed by atoms with Gasteiger partial charge in [0.1, 0.15) is 5.69 Å². The lowest BCUT2D eigenvalue weighted by Gasteiger charge is -2.20. The summed E-state index contributed by atoms with van der Waals surface area (Å²) in [4.78, 5) is 28.2. The van der Waals surface area contributed by atoms with Crippen molar-refractivity contribution in [1.29, 1.82) is 0 Å². The minimum absolute atomic E-state index is 0.106. The molecule has 0 aliphatic carbocycles. The van der Waals surface area contributed by atoms with Gasteiger partial charge in [0.15, 0.2) is 0 Å². The van der Waals surface area contributed by atoms with Gasteiger partial charge in [0.2, 0.25) is 11.7 Å². The van der Waals surface area contributed by atoms with E-state index in [2.05, 4.69) is 5.16 Å². The summed E-state index contributed by atoms with van der Waals surface area (Å²) in [5.41, 5.74) is 1.54. The lowest BCUT2D eigenvalue weighted by molar-refractivity contribution is -0.130. The van der Waals surface area contributed by atoms with Crippen molar-refractivity contribution in [3.8, 4) is 11.3 Å². The topological polar surface area (TPSA) is 66.7 Å². The molecule has 1 aliphatic heterocycles. The minimum atomic E-state index is -0.212. The summed E-state index contributed by atoms with van der Waals surface area (Å²) >= 11 is 0. The van der Waals surface area contributed by atoms with E-state index in [1.807, 2.05) is 42.2 Å². The predicted molar refractivity (Wildman–Crippen MR) is 89.3 cm³/mol. The van der Waals surface area contributed by atoms with E-state index in [1.54, 1.807) is 11.0 Å². The van der Waals surface area contributed by atoms with E-state index in [1.165, 1.54) is 0 Å². The Morgan fingerprint density at radius 3 is 2.75 bits per heavy atom. The maximum atomic E-state index is 12.6. The second-order valence-corrected chi connectivity index (χ2v) is 5.87. The van der Waals surface area contributed by atoms with Crippen molar-refractivity contribution in [2.24, 2.45) is 0 Å². The lowest BCUT2D eigenvalue weighted by atomic mass is 10.1. The molecule has 126 valence electrons. The first-order valence-corrected chi connectivity index (χ1v) is 8.28. The molecule has 0 spiro atoms. The summed E-state index contributed by atoms with van der Waals surface area (Å²) in [5.74, 6) is 0.107. The zero-order valence-corrected chi connectivity index (χ0v) is 13.8. The monoisotopic (exact) mass is 327 g/mol. The fraction of sp³-hybridized carbons (Fsp3) is 0.389. The molecule has 2 amide bonds. The average Bonchev–Trinajstić information content (AvgIpc) is 3.03. The summed E-state index contributed by atoms with van der Waals surface area (Å²) in [5, 5.41) is 3.99. The zero-order chi connectivity index (χ0) is 16.9. The highest BCUT2D eigenvalue weighted by Gasteiger charge is 2.26. The predicted octanol–water partition coefficient (Wildman–Crippen LogP) is 2.43. The van der Waals surface area contributed by atoms with Crippen molar-refractivity contribution in [3.63, 3.8) is 0 Å². The van der Waals surface area contributed by atoms with Crippen LogP contribution in [0.5, 0.6) is 0 Å². The van der Waals surface area contributed by atoms with Crippen LogP contribution in [0.4, 0.5) is 0 Å². The molecule has 6 nitrogen and oxygen atoms in total. The van der Waals surface area contributed by atoms with Gasteiger partial charge < -0.3 is 14.3 Å². The number of carbonyl (C=O) groups is 2. The van der Waals surface area contributed by atoms with Gasteiger partial charge in [-0.25, -0.2) is 0 Å². The molecule has 6 heteroatoms. The Hall–Kier alpha value is -2.63. The van der Waals surface area contributed by atoms with Crippen LogP contribution in [0.2, 0.25) is 0 Å².